The van der Waals surface area contributed by atoms with E-state index in [-0.39, 0.29) is 58.2 Å². The molecule has 1 fully saturated rings. The van der Waals surface area contributed by atoms with E-state index in [4.69, 9.17) is 16.3 Å². The first-order chi connectivity index (χ1) is 23.5. The van der Waals surface area contributed by atoms with Crippen LogP contribution in [0, 0.1) is 0 Å². The Bertz CT molecular complexity index is 2120. The van der Waals surface area contributed by atoms with Crippen molar-refractivity contribution in [3.63, 3.8) is 0 Å². The van der Waals surface area contributed by atoms with E-state index in [1.165, 1.54) is 40.9 Å². The minimum Gasteiger partial charge on any atom is -0.444 e. The van der Waals surface area contributed by atoms with Crippen LogP contribution in [-0.2, 0) is 25.0 Å². The highest BCUT2D eigenvalue weighted by Gasteiger charge is 2.39. The summed E-state index contributed by atoms with van der Waals surface area (Å²) >= 11 is 6.46. The quantitative estimate of drug-likeness (QED) is 0.245. The molecule has 0 radical (unpaired) electrons. The molecule has 5 aromatic rings. The van der Waals surface area contributed by atoms with Gasteiger partial charge in [0, 0.05) is 58.4 Å². The highest BCUT2D eigenvalue weighted by atomic mass is 35.5. The lowest BCUT2D eigenvalue weighted by atomic mass is 10.1. The average Bonchev–Trinajstić information content (AvgIpc) is 3.76. The number of piperazine rings is 1. The molecule has 13 nitrogen and oxygen atoms in total. The Morgan fingerprint density at radius 3 is 2.32 bits per heavy atom. The van der Waals surface area contributed by atoms with Crippen molar-refractivity contribution in [2.45, 2.75) is 32.5 Å². The summed E-state index contributed by atoms with van der Waals surface area (Å²) in [5.74, 6) is -1.05. The second kappa shape index (κ2) is 12.8. The number of pyridine rings is 1. The zero-order valence-electron chi connectivity index (χ0n) is 27.7. The lowest BCUT2D eigenvalue weighted by Crippen LogP contribution is -2.51. The number of carbonyl (C=O) groups is 3. The van der Waals surface area contributed by atoms with Crippen LogP contribution in [-0.4, -0.2) is 88.4 Å². The average molecular weight is 712 g/mol. The van der Waals surface area contributed by atoms with Crippen LogP contribution in [0.4, 0.5) is 23.7 Å². The molecule has 5 heterocycles. The fourth-order valence-corrected chi connectivity index (χ4v) is 5.83. The molecule has 3 amide bonds. The van der Waals surface area contributed by atoms with Gasteiger partial charge in [-0.3, -0.25) is 9.59 Å². The van der Waals surface area contributed by atoms with E-state index >= 15 is 0 Å². The summed E-state index contributed by atoms with van der Waals surface area (Å²) in [5.41, 5.74) is -0.261. The van der Waals surface area contributed by atoms with Crippen molar-refractivity contribution in [3.8, 4) is 17.1 Å². The van der Waals surface area contributed by atoms with Crippen LogP contribution >= 0.6 is 11.6 Å². The molecule has 1 aromatic carbocycles. The normalized spacial score (nSPS) is 13.9. The van der Waals surface area contributed by atoms with Gasteiger partial charge in [0.25, 0.3) is 11.8 Å². The van der Waals surface area contributed by atoms with Gasteiger partial charge in [-0.25, -0.2) is 19.4 Å². The van der Waals surface area contributed by atoms with Crippen LogP contribution < -0.4 is 5.32 Å². The molecule has 17 heteroatoms. The Hall–Kier alpha value is -5.38. The van der Waals surface area contributed by atoms with E-state index in [1.807, 2.05) is 11.6 Å². The number of aromatic nitrogens is 6. The third-order valence-electron chi connectivity index (χ3n) is 8.08. The number of imidazole rings is 1. The van der Waals surface area contributed by atoms with Gasteiger partial charge in [-0.2, -0.15) is 18.3 Å². The van der Waals surface area contributed by atoms with Crippen LogP contribution in [0.15, 0.2) is 55.0 Å². The first-order valence-electron chi connectivity index (χ1n) is 15.5. The highest BCUT2D eigenvalue weighted by Crippen LogP contribution is 2.37. The first kappa shape index (κ1) is 34.5. The van der Waals surface area contributed by atoms with Crippen LogP contribution in [0.25, 0.3) is 28.1 Å². The molecule has 1 N–H and O–H groups in total. The summed E-state index contributed by atoms with van der Waals surface area (Å²) in [6.07, 6.45) is -1.11. The summed E-state index contributed by atoms with van der Waals surface area (Å²) in [6, 6.07) is 9.40. The van der Waals surface area contributed by atoms with Gasteiger partial charge in [0.2, 0.25) is 0 Å². The molecule has 0 spiro atoms. The predicted molar refractivity (Wildman–Crippen MR) is 178 cm³/mol. The van der Waals surface area contributed by atoms with E-state index in [0.29, 0.717) is 18.6 Å². The van der Waals surface area contributed by atoms with Crippen molar-refractivity contribution in [3.05, 3.63) is 77.1 Å². The number of hydrogen-bond donors (Lipinski definition) is 1. The van der Waals surface area contributed by atoms with Gasteiger partial charge in [0.15, 0.2) is 17.3 Å². The van der Waals surface area contributed by atoms with Crippen molar-refractivity contribution >= 4 is 46.2 Å². The fraction of sp³-hybridized carbons (Fsp3) is 0.333. The minimum atomic E-state index is -4.81. The van der Waals surface area contributed by atoms with E-state index < -0.39 is 29.5 Å². The van der Waals surface area contributed by atoms with Gasteiger partial charge in [0.1, 0.15) is 5.60 Å². The molecule has 0 bridgehead atoms. The summed E-state index contributed by atoms with van der Waals surface area (Å²) in [4.78, 5) is 50.5. The van der Waals surface area contributed by atoms with Crippen molar-refractivity contribution in [1.82, 2.24) is 38.7 Å². The number of ether oxygens (including phenoxy) is 1. The number of amides is 3. The number of halogens is 4. The highest BCUT2D eigenvalue weighted by molar-refractivity contribution is 6.34. The fourth-order valence-electron chi connectivity index (χ4n) is 5.57. The molecule has 0 aliphatic carbocycles. The SMILES string of the molecule is Cn1c(-c2cn(-c3ccc4c(ccn4C)n3)nc2C(F)(F)F)cnc1C(=O)Nc1ccc(C(=O)N2CCN(C(=O)OC(C)(C)C)CC2)c(Cl)c1. The van der Waals surface area contributed by atoms with Crippen LogP contribution in [0.2, 0.25) is 5.02 Å². The van der Waals surface area contributed by atoms with E-state index in [0.717, 1.165) is 16.4 Å². The zero-order valence-corrected chi connectivity index (χ0v) is 28.5. The third kappa shape index (κ3) is 6.88. The largest absolute Gasteiger partial charge is 0.444 e. The lowest BCUT2D eigenvalue weighted by molar-refractivity contribution is -0.140. The minimum absolute atomic E-state index is 0.000238. The summed E-state index contributed by atoms with van der Waals surface area (Å²) in [7, 11) is 3.25. The molecule has 1 aliphatic heterocycles. The van der Waals surface area contributed by atoms with E-state index in [9.17, 15) is 27.6 Å². The Balaban J connectivity index is 1.17. The number of carbonyl (C=O) groups excluding carboxylic acids is 3. The molecular weight excluding hydrogens is 679 g/mol. The van der Waals surface area contributed by atoms with Gasteiger partial charge in [-0.15, -0.1) is 0 Å². The number of nitrogens with one attached hydrogen (secondary N) is 1. The molecule has 0 unspecified atom stereocenters. The third-order valence-corrected chi connectivity index (χ3v) is 8.40. The maximum Gasteiger partial charge on any atom is 0.435 e. The molecule has 4 aromatic heterocycles. The number of hydrogen-bond acceptors (Lipinski definition) is 7. The Kier molecular flexibility index (Phi) is 8.84. The monoisotopic (exact) mass is 711 g/mol. The molecule has 6 rings (SSSR count). The number of aryl methyl sites for hydroxylation is 1. The second-order valence-electron chi connectivity index (χ2n) is 12.8. The van der Waals surface area contributed by atoms with Crippen LogP contribution in [0.5, 0.6) is 0 Å². The number of anilines is 1. The van der Waals surface area contributed by atoms with Crippen molar-refractivity contribution in [1.29, 1.82) is 0 Å². The molecule has 262 valence electrons. The van der Waals surface area contributed by atoms with Crippen molar-refractivity contribution in [2.24, 2.45) is 14.1 Å². The Morgan fingerprint density at radius 2 is 1.66 bits per heavy atom. The van der Waals surface area contributed by atoms with E-state index in [2.05, 4.69) is 20.4 Å². The van der Waals surface area contributed by atoms with Gasteiger partial charge in [-0.1, -0.05) is 11.6 Å². The molecule has 1 saturated heterocycles. The smallest absolute Gasteiger partial charge is 0.435 e. The van der Waals surface area contributed by atoms with Gasteiger partial charge < -0.3 is 29.0 Å². The van der Waals surface area contributed by atoms with Crippen molar-refractivity contribution in [2.75, 3.05) is 31.5 Å². The topological polar surface area (TPSA) is 132 Å². The molecule has 1 aliphatic rings. The van der Waals surface area contributed by atoms with Gasteiger partial charge in [0.05, 0.1) is 39.1 Å². The van der Waals surface area contributed by atoms with Crippen molar-refractivity contribution < 1.29 is 32.3 Å². The Labute approximate surface area is 289 Å². The predicted octanol–water partition coefficient (Wildman–Crippen LogP) is 5.78. The standard InChI is InChI=1S/C33H33ClF3N9O4/c1-32(2,3)50-31(49)45-14-12-44(13-15-45)30(48)20-7-6-19(16-22(20)34)39-29(47)28-38-17-25(43(28)5)21-18-46(41-27(21)33(35,36)37)26-9-8-24-23(40-26)10-11-42(24)4/h6-11,16-18H,12-15H2,1-5H3,(H,39,47). The van der Waals surface area contributed by atoms with E-state index in [1.54, 1.807) is 50.1 Å². The molecule has 50 heavy (non-hydrogen) atoms. The molecule has 0 atom stereocenters. The zero-order chi connectivity index (χ0) is 36.1. The lowest BCUT2D eigenvalue weighted by Gasteiger charge is -2.35. The van der Waals surface area contributed by atoms with Gasteiger partial charge in [-0.05, 0) is 57.2 Å². The first-order valence-corrected chi connectivity index (χ1v) is 15.9. The molecular formula is C33H33ClF3N9O4. The van der Waals surface area contributed by atoms with Crippen LogP contribution in [0.3, 0.4) is 0 Å². The number of nitrogens with zero attached hydrogens (tertiary/aromatic N) is 8. The maximum absolute atomic E-state index is 14.2. The number of fused-ring (bicyclic) bond motifs is 1. The number of rotatable bonds is 5. The maximum atomic E-state index is 14.2. The Morgan fingerprint density at radius 1 is 0.960 bits per heavy atom. The summed E-state index contributed by atoms with van der Waals surface area (Å²) in [5, 5.41) is 6.52. The number of alkyl halides is 3. The number of benzene rings is 1. The molecule has 0 saturated carbocycles. The van der Waals surface area contributed by atoms with Gasteiger partial charge >= 0.3 is 12.3 Å². The van der Waals surface area contributed by atoms with Crippen LogP contribution in [0.1, 0.15) is 47.4 Å². The summed E-state index contributed by atoms with van der Waals surface area (Å²) in [6.45, 7) is 6.49. The summed E-state index contributed by atoms with van der Waals surface area (Å²) < 4.78 is 52.1. The second-order valence-corrected chi connectivity index (χ2v) is 13.2.